The van der Waals surface area contributed by atoms with Crippen LogP contribution >= 0.6 is 0 Å². The summed E-state index contributed by atoms with van der Waals surface area (Å²) in [5.41, 5.74) is 4.30. The number of carbonyl (C=O) groups excluding carboxylic acids is 2. The van der Waals surface area contributed by atoms with Crippen LogP contribution < -0.4 is 4.90 Å². The third kappa shape index (κ3) is 4.80. The molecule has 1 fully saturated rings. The summed E-state index contributed by atoms with van der Waals surface area (Å²) in [6.07, 6.45) is 2.46. The number of hydrogen-bond acceptors (Lipinski definition) is 3. The Kier molecular flexibility index (Phi) is 6.37. The maximum absolute atomic E-state index is 13.0. The van der Waals surface area contributed by atoms with Crippen molar-refractivity contribution in [3.05, 3.63) is 83.1 Å². The van der Waals surface area contributed by atoms with Crippen LogP contribution in [-0.4, -0.2) is 53.9 Å². The molecule has 0 saturated carbocycles. The van der Waals surface area contributed by atoms with Gasteiger partial charge in [-0.05, 0) is 44.0 Å². The van der Waals surface area contributed by atoms with Crippen LogP contribution in [0.5, 0.6) is 0 Å². The number of furan rings is 1. The topological polar surface area (TPSA) is 59.9 Å². The molecule has 1 aliphatic rings. The quantitative estimate of drug-likeness (QED) is 0.596. The van der Waals surface area contributed by atoms with E-state index in [-0.39, 0.29) is 11.7 Å². The Labute approximate surface area is 183 Å². The molecule has 3 heterocycles. The summed E-state index contributed by atoms with van der Waals surface area (Å²) < 4.78 is 7.46. The molecular weight excluding hydrogens is 390 g/mol. The lowest BCUT2D eigenvalue weighted by atomic mass is 10.1. The van der Waals surface area contributed by atoms with E-state index in [4.69, 9.17) is 4.42 Å². The van der Waals surface area contributed by atoms with E-state index < -0.39 is 0 Å². The highest BCUT2D eigenvalue weighted by Crippen LogP contribution is 2.16. The molecule has 0 radical (unpaired) electrons. The average Bonchev–Trinajstić information content (AvgIpc) is 3.42. The molecule has 1 N–H and O–H groups in total. The molecule has 2 aromatic heterocycles. The number of Topliss-reactive ketones (excluding diaryl/α,β-unsaturated/α-hetero) is 1. The number of piperazine rings is 1. The number of hydrogen-bond donors (Lipinski definition) is 1. The smallest absolute Gasteiger partial charge is 0.289 e. The summed E-state index contributed by atoms with van der Waals surface area (Å²) in [6, 6.07) is 15.9. The van der Waals surface area contributed by atoms with E-state index in [0.29, 0.717) is 25.4 Å². The molecule has 6 nitrogen and oxygen atoms in total. The van der Waals surface area contributed by atoms with Crippen LogP contribution in [0.4, 0.5) is 0 Å². The summed E-state index contributed by atoms with van der Waals surface area (Å²) in [5, 5.41) is 0. The Morgan fingerprint density at radius 1 is 1.03 bits per heavy atom. The van der Waals surface area contributed by atoms with Crippen molar-refractivity contribution in [2.45, 2.75) is 26.8 Å². The van der Waals surface area contributed by atoms with E-state index in [1.807, 2.05) is 24.0 Å². The van der Waals surface area contributed by atoms with Crippen LogP contribution in [0.2, 0.25) is 0 Å². The third-order valence-corrected chi connectivity index (χ3v) is 6.24. The van der Waals surface area contributed by atoms with Gasteiger partial charge in [0.2, 0.25) is 5.78 Å². The van der Waals surface area contributed by atoms with Crippen molar-refractivity contribution in [1.29, 1.82) is 0 Å². The molecule has 1 saturated heterocycles. The first kappa shape index (κ1) is 21.1. The van der Waals surface area contributed by atoms with Crippen LogP contribution in [0.25, 0.3) is 0 Å². The second-order valence-corrected chi connectivity index (χ2v) is 8.29. The first-order valence-electron chi connectivity index (χ1n) is 10.9. The zero-order valence-electron chi connectivity index (χ0n) is 18.3. The highest BCUT2D eigenvalue weighted by molar-refractivity contribution is 5.98. The van der Waals surface area contributed by atoms with E-state index in [1.165, 1.54) is 16.7 Å². The predicted molar refractivity (Wildman–Crippen MR) is 119 cm³/mol. The van der Waals surface area contributed by atoms with Crippen molar-refractivity contribution in [2.75, 3.05) is 32.7 Å². The second-order valence-electron chi connectivity index (χ2n) is 8.29. The summed E-state index contributed by atoms with van der Waals surface area (Å²) in [6.45, 7) is 8.26. The van der Waals surface area contributed by atoms with Crippen LogP contribution in [0, 0.1) is 13.8 Å². The molecule has 1 aromatic carbocycles. The molecule has 0 aliphatic carbocycles. The van der Waals surface area contributed by atoms with Crippen molar-refractivity contribution in [3.8, 4) is 0 Å². The Morgan fingerprint density at radius 2 is 1.77 bits per heavy atom. The average molecular weight is 421 g/mol. The molecule has 1 aliphatic heterocycles. The Morgan fingerprint density at radius 3 is 2.45 bits per heavy atom. The molecule has 1 amide bonds. The standard InChI is InChI=1S/C25H29N3O3/c1-19-17-22(20(2)28(19)11-10-21-7-4-3-5-8-21)23(29)18-26-12-14-27(15-13-26)25(30)24-9-6-16-31-24/h3-9,16-17H,10-15,18H2,1-2H3/p+1. The Balaban J connectivity index is 1.33. The number of carbonyl (C=O) groups is 2. The van der Waals surface area contributed by atoms with Gasteiger partial charge in [0, 0.05) is 23.5 Å². The van der Waals surface area contributed by atoms with E-state index in [0.717, 1.165) is 43.0 Å². The highest BCUT2D eigenvalue weighted by Gasteiger charge is 2.28. The zero-order valence-corrected chi connectivity index (χ0v) is 18.3. The summed E-state index contributed by atoms with van der Waals surface area (Å²) >= 11 is 0. The van der Waals surface area contributed by atoms with Gasteiger partial charge < -0.3 is 18.8 Å². The third-order valence-electron chi connectivity index (χ3n) is 6.24. The lowest BCUT2D eigenvalue weighted by molar-refractivity contribution is -0.895. The minimum atomic E-state index is -0.0719. The molecule has 162 valence electrons. The molecule has 3 aromatic rings. The number of benzene rings is 1. The molecule has 0 atom stereocenters. The first-order chi connectivity index (χ1) is 15.0. The van der Waals surface area contributed by atoms with E-state index >= 15 is 0 Å². The van der Waals surface area contributed by atoms with Crippen LogP contribution in [0.15, 0.2) is 59.2 Å². The number of rotatable bonds is 7. The fraction of sp³-hybridized carbons (Fsp3) is 0.360. The number of aryl methyl sites for hydroxylation is 2. The lowest BCUT2D eigenvalue weighted by Crippen LogP contribution is -3.15. The molecule has 6 heteroatoms. The Bertz CT molecular complexity index is 1030. The first-order valence-corrected chi connectivity index (χ1v) is 10.9. The minimum absolute atomic E-state index is 0.0719. The normalized spacial score (nSPS) is 14.7. The predicted octanol–water partition coefficient (Wildman–Crippen LogP) is 2.16. The number of amides is 1. The number of quaternary nitrogens is 1. The van der Waals surface area contributed by atoms with E-state index in [2.05, 4.69) is 35.8 Å². The van der Waals surface area contributed by atoms with Crippen molar-refractivity contribution < 1.29 is 18.9 Å². The highest BCUT2D eigenvalue weighted by atomic mass is 16.3. The lowest BCUT2D eigenvalue weighted by Gasteiger charge is -2.31. The summed E-state index contributed by atoms with van der Waals surface area (Å²) in [7, 11) is 0. The van der Waals surface area contributed by atoms with E-state index in [9.17, 15) is 9.59 Å². The largest absolute Gasteiger partial charge is 0.459 e. The molecule has 31 heavy (non-hydrogen) atoms. The van der Waals surface area contributed by atoms with Gasteiger partial charge >= 0.3 is 0 Å². The van der Waals surface area contributed by atoms with Gasteiger partial charge in [0.1, 0.15) is 6.54 Å². The SMILES string of the molecule is Cc1cc(C(=O)C[NH+]2CCN(C(=O)c3ccco3)CC2)c(C)n1CCc1ccccc1. The van der Waals surface area contributed by atoms with Crippen molar-refractivity contribution >= 4 is 11.7 Å². The van der Waals surface area contributed by atoms with Gasteiger partial charge in [-0.3, -0.25) is 9.59 Å². The van der Waals surface area contributed by atoms with Crippen LogP contribution in [0.3, 0.4) is 0 Å². The van der Waals surface area contributed by atoms with Gasteiger partial charge in [-0.25, -0.2) is 0 Å². The molecule has 0 unspecified atom stereocenters. The summed E-state index contributed by atoms with van der Waals surface area (Å²) in [5.74, 6) is 0.486. The van der Waals surface area contributed by atoms with Crippen LogP contribution in [-0.2, 0) is 13.0 Å². The van der Waals surface area contributed by atoms with E-state index in [1.54, 1.807) is 12.1 Å². The van der Waals surface area contributed by atoms with Gasteiger partial charge in [0.05, 0.1) is 32.4 Å². The fourth-order valence-electron chi connectivity index (χ4n) is 4.39. The maximum atomic E-state index is 13.0. The number of aromatic nitrogens is 1. The van der Waals surface area contributed by atoms with Gasteiger partial charge in [0.25, 0.3) is 5.91 Å². The molecule has 0 bridgehead atoms. The maximum Gasteiger partial charge on any atom is 0.289 e. The van der Waals surface area contributed by atoms with Crippen molar-refractivity contribution in [2.24, 2.45) is 0 Å². The molecular formula is C25H30N3O3+. The molecule has 0 spiro atoms. The second kappa shape index (κ2) is 9.35. The van der Waals surface area contributed by atoms with Crippen molar-refractivity contribution in [1.82, 2.24) is 9.47 Å². The van der Waals surface area contributed by atoms with Gasteiger partial charge in [-0.1, -0.05) is 30.3 Å². The molecule has 4 rings (SSSR count). The van der Waals surface area contributed by atoms with Crippen molar-refractivity contribution in [3.63, 3.8) is 0 Å². The summed E-state index contributed by atoms with van der Waals surface area (Å²) in [4.78, 5) is 28.5. The Hall–Kier alpha value is -3.12. The monoisotopic (exact) mass is 420 g/mol. The van der Waals surface area contributed by atoms with Gasteiger partial charge in [-0.2, -0.15) is 0 Å². The number of nitrogens with one attached hydrogen (secondary N) is 1. The fourth-order valence-corrected chi connectivity index (χ4v) is 4.39. The van der Waals surface area contributed by atoms with Gasteiger partial charge in [-0.15, -0.1) is 0 Å². The van der Waals surface area contributed by atoms with Gasteiger partial charge in [0.15, 0.2) is 5.76 Å². The minimum Gasteiger partial charge on any atom is -0.459 e. The number of nitrogens with zero attached hydrogens (tertiary/aromatic N) is 2. The zero-order chi connectivity index (χ0) is 21.8. The van der Waals surface area contributed by atoms with Crippen LogP contribution in [0.1, 0.15) is 37.9 Å². The number of ketones is 1.